The number of aryl methyl sites for hydroxylation is 3. The number of hydrogen-bond donors (Lipinski definition) is 1. The van der Waals surface area contributed by atoms with Crippen molar-refractivity contribution < 1.29 is 13.3 Å². The van der Waals surface area contributed by atoms with Crippen LogP contribution in [0.1, 0.15) is 21.6 Å². The zero-order chi connectivity index (χ0) is 21.2. The SMILES string of the molecule is Cc1cc(C)c(NS(=O)(=O)c2ccc(N=Cc3ccc([N+](=O)[O-])s3)cc2)c(C)c1. The van der Waals surface area contributed by atoms with Crippen molar-refractivity contribution in [3.05, 3.63) is 80.2 Å². The summed E-state index contributed by atoms with van der Waals surface area (Å²) in [6, 6.07) is 13.0. The first-order valence-corrected chi connectivity index (χ1v) is 10.9. The quantitative estimate of drug-likeness (QED) is 0.333. The predicted octanol–water partition coefficient (Wildman–Crippen LogP) is 5.13. The van der Waals surface area contributed by atoms with E-state index in [1.54, 1.807) is 18.2 Å². The van der Waals surface area contributed by atoms with Crippen LogP contribution in [0.3, 0.4) is 0 Å². The summed E-state index contributed by atoms with van der Waals surface area (Å²) in [5.41, 5.74) is 3.91. The van der Waals surface area contributed by atoms with Crippen LogP contribution in [0.15, 0.2) is 58.4 Å². The van der Waals surface area contributed by atoms with E-state index in [9.17, 15) is 18.5 Å². The summed E-state index contributed by atoms with van der Waals surface area (Å²) in [6.07, 6.45) is 1.51. The first kappa shape index (κ1) is 20.7. The van der Waals surface area contributed by atoms with Gasteiger partial charge in [0, 0.05) is 12.3 Å². The molecule has 0 radical (unpaired) electrons. The maximum Gasteiger partial charge on any atom is 0.324 e. The van der Waals surface area contributed by atoms with Crippen molar-refractivity contribution in [3.8, 4) is 0 Å². The summed E-state index contributed by atoms with van der Waals surface area (Å²) >= 11 is 1.02. The molecule has 1 heterocycles. The topological polar surface area (TPSA) is 102 Å². The molecule has 1 N–H and O–H groups in total. The molecule has 0 fully saturated rings. The molecular weight excluding hydrogens is 410 g/mol. The van der Waals surface area contributed by atoms with Gasteiger partial charge in [0.25, 0.3) is 10.0 Å². The number of nitro groups is 1. The number of anilines is 1. The summed E-state index contributed by atoms with van der Waals surface area (Å²) in [7, 11) is -3.74. The molecule has 0 saturated carbocycles. The number of nitrogens with zero attached hydrogens (tertiary/aromatic N) is 2. The van der Waals surface area contributed by atoms with Crippen LogP contribution in [0.2, 0.25) is 0 Å². The van der Waals surface area contributed by atoms with Crippen LogP contribution in [0.5, 0.6) is 0 Å². The van der Waals surface area contributed by atoms with Crippen LogP contribution in [0, 0.1) is 30.9 Å². The van der Waals surface area contributed by atoms with Crippen molar-refractivity contribution >= 4 is 44.0 Å². The Labute approximate surface area is 173 Å². The minimum absolute atomic E-state index is 0.0423. The van der Waals surface area contributed by atoms with E-state index < -0.39 is 14.9 Å². The third kappa shape index (κ3) is 4.87. The van der Waals surface area contributed by atoms with E-state index in [1.165, 1.54) is 24.4 Å². The molecule has 0 atom stereocenters. The molecule has 0 saturated heterocycles. The van der Waals surface area contributed by atoms with Crippen molar-refractivity contribution in [1.82, 2.24) is 0 Å². The van der Waals surface area contributed by atoms with Crippen molar-refractivity contribution in [2.45, 2.75) is 25.7 Å². The van der Waals surface area contributed by atoms with E-state index in [1.807, 2.05) is 32.9 Å². The van der Waals surface area contributed by atoms with Gasteiger partial charge in [-0.05, 0) is 62.2 Å². The Morgan fingerprint density at radius 3 is 2.21 bits per heavy atom. The van der Waals surface area contributed by atoms with Gasteiger partial charge >= 0.3 is 5.00 Å². The summed E-state index contributed by atoms with van der Waals surface area (Å²) in [5.74, 6) is 0. The average molecular weight is 430 g/mol. The van der Waals surface area contributed by atoms with Gasteiger partial charge in [-0.3, -0.25) is 19.8 Å². The molecule has 0 aliphatic heterocycles. The normalized spacial score (nSPS) is 11.7. The highest BCUT2D eigenvalue weighted by Crippen LogP contribution is 2.26. The molecule has 3 rings (SSSR count). The fourth-order valence-corrected chi connectivity index (χ4v) is 4.79. The molecule has 1 aromatic heterocycles. The minimum Gasteiger partial charge on any atom is -0.279 e. The van der Waals surface area contributed by atoms with Crippen LogP contribution in [-0.4, -0.2) is 19.6 Å². The molecule has 0 aliphatic carbocycles. The Morgan fingerprint density at radius 2 is 1.66 bits per heavy atom. The smallest absolute Gasteiger partial charge is 0.279 e. The third-order valence-corrected chi connectivity index (χ3v) is 6.53. The van der Waals surface area contributed by atoms with E-state index in [2.05, 4.69) is 9.71 Å². The lowest BCUT2D eigenvalue weighted by molar-refractivity contribution is -0.380. The zero-order valence-corrected chi connectivity index (χ0v) is 17.7. The number of aliphatic imine (C=N–C) groups is 1. The molecular formula is C20H19N3O4S2. The number of rotatable bonds is 6. The fourth-order valence-electron chi connectivity index (χ4n) is 2.89. The van der Waals surface area contributed by atoms with E-state index in [0.717, 1.165) is 28.0 Å². The molecule has 29 heavy (non-hydrogen) atoms. The van der Waals surface area contributed by atoms with Crippen LogP contribution < -0.4 is 4.72 Å². The molecule has 2 aromatic carbocycles. The predicted molar refractivity (Wildman–Crippen MR) is 116 cm³/mol. The van der Waals surface area contributed by atoms with Crippen LogP contribution in [0.25, 0.3) is 0 Å². The van der Waals surface area contributed by atoms with Crippen LogP contribution in [-0.2, 0) is 10.0 Å². The highest BCUT2D eigenvalue weighted by atomic mass is 32.2. The molecule has 0 amide bonds. The highest BCUT2D eigenvalue weighted by Gasteiger charge is 2.17. The molecule has 0 bridgehead atoms. The summed E-state index contributed by atoms with van der Waals surface area (Å²) in [5, 5.41) is 10.8. The van der Waals surface area contributed by atoms with Gasteiger partial charge in [0.1, 0.15) is 0 Å². The van der Waals surface area contributed by atoms with Gasteiger partial charge in [-0.25, -0.2) is 8.42 Å². The number of benzene rings is 2. The number of thiophene rings is 1. The van der Waals surface area contributed by atoms with E-state index in [-0.39, 0.29) is 9.90 Å². The average Bonchev–Trinajstić information content (AvgIpc) is 3.13. The van der Waals surface area contributed by atoms with Gasteiger partial charge in [-0.15, -0.1) is 0 Å². The zero-order valence-electron chi connectivity index (χ0n) is 16.0. The first-order valence-electron chi connectivity index (χ1n) is 8.65. The summed E-state index contributed by atoms with van der Waals surface area (Å²) in [4.78, 5) is 15.3. The molecule has 7 nitrogen and oxygen atoms in total. The Kier molecular flexibility index (Phi) is 5.81. The van der Waals surface area contributed by atoms with E-state index >= 15 is 0 Å². The van der Waals surface area contributed by atoms with E-state index in [4.69, 9.17) is 0 Å². The summed E-state index contributed by atoms with van der Waals surface area (Å²) in [6.45, 7) is 5.70. The van der Waals surface area contributed by atoms with Gasteiger partial charge in [0.2, 0.25) is 0 Å². The maximum atomic E-state index is 12.7. The molecule has 3 aromatic rings. The standard InChI is InChI=1S/C20H19N3O4S2/c1-13-10-14(2)20(15(3)11-13)22-29(26,27)18-7-4-16(5-8-18)21-12-17-6-9-19(28-17)23(24)25/h4-12,22H,1-3H3. The van der Waals surface area contributed by atoms with Gasteiger partial charge < -0.3 is 0 Å². The lowest BCUT2D eigenvalue weighted by atomic mass is 10.1. The van der Waals surface area contributed by atoms with Crippen molar-refractivity contribution in [3.63, 3.8) is 0 Å². The largest absolute Gasteiger partial charge is 0.324 e. The van der Waals surface area contributed by atoms with Crippen LogP contribution >= 0.6 is 11.3 Å². The maximum absolute atomic E-state index is 12.7. The lowest BCUT2D eigenvalue weighted by Crippen LogP contribution is -2.14. The van der Waals surface area contributed by atoms with Gasteiger partial charge in [0.15, 0.2) is 0 Å². The molecule has 9 heteroatoms. The number of hydrogen-bond acceptors (Lipinski definition) is 6. The minimum atomic E-state index is -3.74. The van der Waals surface area contributed by atoms with Crippen molar-refractivity contribution in [2.75, 3.05) is 4.72 Å². The van der Waals surface area contributed by atoms with Gasteiger partial charge in [0.05, 0.1) is 26.1 Å². The Balaban J connectivity index is 1.78. The number of nitrogens with one attached hydrogen (secondary N) is 1. The van der Waals surface area contributed by atoms with Crippen molar-refractivity contribution in [2.24, 2.45) is 4.99 Å². The van der Waals surface area contributed by atoms with Gasteiger partial charge in [-0.2, -0.15) is 0 Å². The number of sulfonamides is 1. The summed E-state index contributed by atoms with van der Waals surface area (Å²) < 4.78 is 28.1. The van der Waals surface area contributed by atoms with E-state index in [0.29, 0.717) is 16.3 Å². The molecule has 0 unspecified atom stereocenters. The molecule has 0 aliphatic rings. The second-order valence-electron chi connectivity index (χ2n) is 6.56. The fraction of sp³-hybridized carbons (Fsp3) is 0.150. The van der Waals surface area contributed by atoms with Gasteiger partial charge in [-0.1, -0.05) is 29.0 Å². The second-order valence-corrected chi connectivity index (χ2v) is 9.34. The first-order chi connectivity index (χ1) is 13.7. The Hall–Kier alpha value is -3.04. The lowest BCUT2D eigenvalue weighted by Gasteiger charge is -2.14. The molecule has 150 valence electrons. The van der Waals surface area contributed by atoms with Crippen LogP contribution in [0.4, 0.5) is 16.4 Å². The Morgan fingerprint density at radius 1 is 1.03 bits per heavy atom. The molecule has 0 spiro atoms. The third-order valence-electron chi connectivity index (χ3n) is 4.19. The Bertz CT molecular complexity index is 1170. The second kappa shape index (κ2) is 8.14. The van der Waals surface area contributed by atoms with Crippen molar-refractivity contribution in [1.29, 1.82) is 0 Å². The highest BCUT2D eigenvalue weighted by molar-refractivity contribution is 7.92. The monoisotopic (exact) mass is 429 g/mol.